The van der Waals surface area contributed by atoms with E-state index in [9.17, 15) is 15.2 Å². The van der Waals surface area contributed by atoms with Gasteiger partial charge in [0.2, 0.25) is 0 Å². The first kappa shape index (κ1) is 18.8. The molecule has 28 heavy (non-hydrogen) atoms. The second kappa shape index (κ2) is 7.84. The highest BCUT2D eigenvalue weighted by molar-refractivity contribution is 8.00. The number of thiazole rings is 1. The Morgan fingerprint density at radius 1 is 1.36 bits per heavy atom. The van der Waals surface area contributed by atoms with Gasteiger partial charge in [-0.2, -0.15) is 5.26 Å². The predicted octanol–water partition coefficient (Wildman–Crippen LogP) is 6.03. The lowest BCUT2D eigenvalue weighted by molar-refractivity contribution is 0.0696. The van der Waals surface area contributed by atoms with E-state index in [0.717, 1.165) is 33.9 Å². The normalized spacial score (nSPS) is 13.1. The summed E-state index contributed by atoms with van der Waals surface area (Å²) in [6.45, 7) is 0. The van der Waals surface area contributed by atoms with Gasteiger partial charge in [-0.1, -0.05) is 17.7 Å². The molecule has 1 aliphatic carbocycles. The van der Waals surface area contributed by atoms with Crippen LogP contribution in [0.25, 0.3) is 10.6 Å². The molecule has 0 saturated heterocycles. The molecule has 5 nitrogen and oxygen atoms in total. The molecule has 1 aliphatic rings. The monoisotopic (exact) mass is 427 g/mol. The molecule has 0 amide bonds. The zero-order valence-corrected chi connectivity index (χ0v) is 16.9. The Kier molecular flexibility index (Phi) is 5.27. The number of benzene rings is 2. The molecule has 0 spiro atoms. The van der Waals surface area contributed by atoms with Crippen molar-refractivity contribution in [3.05, 3.63) is 63.6 Å². The molecule has 4 rings (SSSR count). The van der Waals surface area contributed by atoms with Gasteiger partial charge in [-0.05, 0) is 60.5 Å². The molecule has 0 unspecified atom stereocenters. The van der Waals surface area contributed by atoms with Crippen molar-refractivity contribution in [2.45, 2.75) is 23.7 Å². The van der Waals surface area contributed by atoms with Crippen LogP contribution in [-0.2, 0) is 0 Å². The van der Waals surface area contributed by atoms with E-state index < -0.39 is 5.97 Å². The lowest BCUT2D eigenvalue weighted by Gasteiger charge is -2.14. The quantitative estimate of drug-likeness (QED) is 0.467. The van der Waals surface area contributed by atoms with Gasteiger partial charge in [-0.3, -0.25) is 0 Å². The van der Waals surface area contributed by atoms with Crippen LogP contribution < -0.4 is 4.72 Å². The number of hydrogen-bond acceptors (Lipinski definition) is 6. The van der Waals surface area contributed by atoms with Crippen molar-refractivity contribution in [3.8, 4) is 16.6 Å². The summed E-state index contributed by atoms with van der Waals surface area (Å²) in [5.41, 5.74) is 3.28. The van der Waals surface area contributed by atoms with Crippen LogP contribution in [0.2, 0.25) is 5.02 Å². The minimum absolute atomic E-state index is 0.252. The molecule has 0 radical (unpaired) electrons. The third-order valence-electron chi connectivity index (χ3n) is 4.44. The molecule has 140 valence electrons. The minimum Gasteiger partial charge on any atom is -0.478 e. The van der Waals surface area contributed by atoms with Crippen molar-refractivity contribution >= 4 is 46.5 Å². The van der Waals surface area contributed by atoms with E-state index in [-0.39, 0.29) is 5.56 Å². The van der Waals surface area contributed by atoms with Crippen molar-refractivity contribution in [2.24, 2.45) is 0 Å². The number of nitrogens with zero attached hydrogens (tertiary/aromatic N) is 2. The summed E-state index contributed by atoms with van der Waals surface area (Å²) < 4.78 is 3.29. The molecular formula is C20H14ClN3O2S2. The zero-order chi connectivity index (χ0) is 19.7. The Bertz CT molecular complexity index is 1090. The maximum atomic E-state index is 11.4. The fraction of sp³-hybridized carbons (Fsp3) is 0.150. The molecule has 3 aromatic rings. The van der Waals surface area contributed by atoms with Crippen molar-refractivity contribution in [1.82, 2.24) is 4.98 Å². The van der Waals surface area contributed by atoms with Crippen LogP contribution in [0.15, 0.2) is 46.8 Å². The average Bonchev–Trinajstić information content (AvgIpc) is 3.40. The van der Waals surface area contributed by atoms with Gasteiger partial charge in [-0.25, -0.2) is 9.78 Å². The van der Waals surface area contributed by atoms with Crippen LogP contribution in [0.4, 0.5) is 5.69 Å². The molecule has 1 fully saturated rings. The number of aromatic carboxylic acids is 1. The van der Waals surface area contributed by atoms with E-state index in [0.29, 0.717) is 22.2 Å². The van der Waals surface area contributed by atoms with Crippen molar-refractivity contribution in [1.29, 1.82) is 5.26 Å². The topological polar surface area (TPSA) is 86.0 Å². The van der Waals surface area contributed by atoms with Crippen LogP contribution in [0.1, 0.15) is 40.2 Å². The average molecular weight is 428 g/mol. The van der Waals surface area contributed by atoms with Crippen LogP contribution >= 0.6 is 34.9 Å². The maximum Gasteiger partial charge on any atom is 0.335 e. The van der Waals surface area contributed by atoms with Crippen molar-refractivity contribution < 1.29 is 9.90 Å². The number of halogens is 1. The van der Waals surface area contributed by atoms with Gasteiger partial charge >= 0.3 is 5.97 Å². The Hall–Kier alpha value is -2.53. The highest BCUT2D eigenvalue weighted by Crippen LogP contribution is 2.45. The number of hydrogen-bond donors (Lipinski definition) is 2. The number of carbonyl (C=O) groups is 1. The van der Waals surface area contributed by atoms with Gasteiger partial charge in [0.05, 0.1) is 21.8 Å². The fourth-order valence-electron chi connectivity index (χ4n) is 2.87. The van der Waals surface area contributed by atoms with Gasteiger partial charge < -0.3 is 9.83 Å². The van der Waals surface area contributed by atoms with Crippen LogP contribution in [0, 0.1) is 11.3 Å². The first-order valence-corrected chi connectivity index (χ1v) is 10.6. The highest BCUT2D eigenvalue weighted by Gasteiger charge is 2.27. The van der Waals surface area contributed by atoms with E-state index in [1.165, 1.54) is 23.3 Å². The van der Waals surface area contributed by atoms with Crippen molar-refractivity contribution in [3.63, 3.8) is 0 Å². The molecule has 1 aromatic heterocycles. The van der Waals surface area contributed by atoms with E-state index in [1.54, 1.807) is 30.5 Å². The Labute approximate surface area is 175 Å². The summed E-state index contributed by atoms with van der Waals surface area (Å²) >= 11 is 9.05. The van der Waals surface area contributed by atoms with E-state index in [4.69, 9.17) is 11.6 Å². The molecule has 8 heteroatoms. The van der Waals surface area contributed by atoms with Gasteiger partial charge in [0.25, 0.3) is 0 Å². The van der Waals surface area contributed by atoms with E-state index in [1.807, 2.05) is 11.4 Å². The number of anilines is 1. The van der Waals surface area contributed by atoms with Crippen molar-refractivity contribution in [2.75, 3.05) is 4.72 Å². The minimum atomic E-state index is -0.953. The molecule has 0 bridgehead atoms. The predicted molar refractivity (Wildman–Crippen MR) is 112 cm³/mol. The van der Waals surface area contributed by atoms with Crippen LogP contribution in [0.3, 0.4) is 0 Å². The standard InChI is InChI=1S/C20H14ClN3O2S2/c21-16-9-15(19-23-5-6-27-19)17(7-13(16)10-22)24-28-18-8-12(20(25)26)3-4-14(18)11-1-2-11/h3-9,11,24H,1-2H2,(H,25,26). The smallest absolute Gasteiger partial charge is 0.335 e. The number of nitriles is 1. The number of aromatic nitrogens is 1. The Morgan fingerprint density at radius 3 is 2.82 bits per heavy atom. The summed E-state index contributed by atoms with van der Waals surface area (Å²) in [6, 6.07) is 10.8. The molecule has 0 aliphatic heterocycles. The summed E-state index contributed by atoms with van der Waals surface area (Å²) in [5.74, 6) is -0.476. The third kappa shape index (κ3) is 3.85. The Balaban J connectivity index is 1.69. The van der Waals surface area contributed by atoms with Gasteiger partial charge in [-0.15, -0.1) is 11.3 Å². The van der Waals surface area contributed by atoms with Crippen LogP contribution in [-0.4, -0.2) is 16.1 Å². The second-order valence-electron chi connectivity index (χ2n) is 6.36. The third-order valence-corrected chi connectivity index (χ3v) is 6.45. The maximum absolute atomic E-state index is 11.4. The van der Waals surface area contributed by atoms with Gasteiger partial charge in [0.1, 0.15) is 11.1 Å². The second-order valence-corrected chi connectivity index (χ2v) is 8.51. The van der Waals surface area contributed by atoms with Crippen LogP contribution in [0.5, 0.6) is 0 Å². The van der Waals surface area contributed by atoms with Gasteiger partial charge in [0.15, 0.2) is 0 Å². The molecular weight excluding hydrogens is 414 g/mol. The summed E-state index contributed by atoms with van der Waals surface area (Å²) in [4.78, 5) is 16.6. The lowest BCUT2D eigenvalue weighted by atomic mass is 10.1. The van der Waals surface area contributed by atoms with E-state index >= 15 is 0 Å². The SMILES string of the molecule is N#Cc1cc(NSc2cc(C(=O)O)ccc2C2CC2)c(-c2nccs2)cc1Cl. The summed E-state index contributed by atoms with van der Waals surface area (Å²) in [5, 5.41) is 21.7. The first-order chi connectivity index (χ1) is 13.6. The first-order valence-electron chi connectivity index (χ1n) is 8.50. The summed E-state index contributed by atoms with van der Waals surface area (Å²) in [6.07, 6.45) is 3.94. The largest absolute Gasteiger partial charge is 0.478 e. The number of nitrogens with one attached hydrogen (secondary N) is 1. The molecule has 2 N–H and O–H groups in total. The molecule has 1 heterocycles. The number of carboxylic acids is 1. The Morgan fingerprint density at radius 2 is 2.18 bits per heavy atom. The number of rotatable bonds is 6. The number of carboxylic acid groups (broad SMARTS) is 1. The molecule has 1 saturated carbocycles. The molecule has 0 atom stereocenters. The zero-order valence-electron chi connectivity index (χ0n) is 14.5. The lowest BCUT2D eigenvalue weighted by Crippen LogP contribution is -1.99. The van der Waals surface area contributed by atoms with E-state index in [2.05, 4.69) is 15.8 Å². The highest BCUT2D eigenvalue weighted by atomic mass is 35.5. The molecule has 2 aromatic carbocycles. The van der Waals surface area contributed by atoms with Gasteiger partial charge in [0, 0.05) is 22.0 Å². The fourth-order valence-corrected chi connectivity index (χ4v) is 4.68. The summed E-state index contributed by atoms with van der Waals surface area (Å²) in [7, 11) is 0.